The molecule has 19 heavy (non-hydrogen) atoms. The molecule has 1 heterocycles. The monoisotopic (exact) mass is 254 g/mol. The highest BCUT2D eigenvalue weighted by atomic mass is 14.9. The molecule has 0 bridgehead atoms. The summed E-state index contributed by atoms with van der Waals surface area (Å²) in [6, 6.07) is 15.7. The topological polar surface area (TPSA) is 24.9 Å². The maximum absolute atomic E-state index is 4.06. The van der Waals surface area contributed by atoms with Gasteiger partial charge in [-0.15, -0.1) is 0 Å². The Hall–Kier alpha value is -1.67. The molecule has 1 unspecified atom stereocenters. The molecule has 0 spiro atoms. The highest BCUT2D eigenvalue weighted by molar-refractivity contribution is 5.15. The minimum atomic E-state index is 0.369. The third kappa shape index (κ3) is 4.49. The molecule has 0 fully saturated rings. The predicted octanol–water partition coefficient (Wildman–Crippen LogP) is 3.75. The summed E-state index contributed by atoms with van der Waals surface area (Å²) in [5, 5.41) is 3.64. The molecule has 2 aromatic rings. The first-order valence-electron chi connectivity index (χ1n) is 6.95. The van der Waals surface area contributed by atoms with Gasteiger partial charge in [0.15, 0.2) is 0 Å². The number of nitrogens with one attached hydrogen (secondary N) is 1. The SMILES string of the molecule is CC(CCc1ccccc1)N[C@H](C)c1ccncc1. The molecule has 0 saturated heterocycles. The molecular weight excluding hydrogens is 232 g/mol. The first-order chi connectivity index (χ1) is 9.25. The molecule has 1 aromatic carbocycles. The average Bonchev–Trinajstić information content (AvgIpc) is 2.47. The van der Waals surface area contributed by atoms with Crippen LogP contribution >= 0.6 is 0 Å². The molecule has 0 aliphatic carbocycles. The zero-order valence-corrected chi connectivity index (χ0v) is 11.7. The van der Waals surface area contributed by atoms with Gasteiger partial charge in [-0.1, -0.05) is 30.3 Å². The van der Waals surface area contributed by atoms with Crippen molar-refractivity contribution in [3.8, 4) is 0 Å². The first kappa shape index (κ1) is 13.8. The van der Waals surface area contributed by atoms with E-state index in [0.29, 0.717) is 12.1 Å². The van der Waals surface area contributed by atoms with Crippen LogP contribution in [0.15, 0.2) is 54.9 Å². The summed E-state index contributed by atoms with van der Waals surface area (Å²) < 4.78 is 0. The lowest BCUT2D eigenvalue weighted by atomic mass is 10.0. The van der Waals surface area contributed by atoms with Crippen molar-refractivity contribution >= 4 is 0 Å². The minimum absolute atomic E-state index is 0.369. The van der Waals surface area contributed by atoms with Crippen molar-refractivity contribution in [2.24, 2.45) is 0 Å². The second kappa shape index (κ2) is 7.05. The zero-order chi connectivity index (χ0) is 13.5. The number of nitrogens with zero attached hydrogens (tertiary/aromatic N) is 1. The quantitative estimate of drug-likeness (QED) is 0.849. The molecular formula is C17H22N2. The van der Waals surface area contributed by atoms with E-state index in [1.807, 2.05) is 12.4 Å². The third-order valence-electron chi connectivity index (χ3n) is 3.45. The van der Waals surface area contributed by atoms with E-state index in [2.05, 4.69) is 66.6 Å². The fraction of sp³-hybridized carbons (Fsp3) is 0.353. The van der Waals surface area contributed by atoms with Crippen LogP contribution in [0.3, 0.4) is 0 Å². The van der Waals surface area contributed by atoms with Crippen LogP contribution in [-0.4, -0.2) is 11.0 Å². The fourth-order valence-corrected chi connectivity index (χ4v) is 2.29. The third-order valence-corrected chi connectivity index (χ3v) is 3.45. The van der Waals surface area contributed by atoms with Crippen molar-refractivity contribution in [1.82, 2.24) is 10.3 Å². The van der Waals surface area contributed by atoms with E-state index < -0.39 is 0 Å². The minimum Gasteiger partial charge on any atom is -0.308 e. The summed E-state index contributed by atoms with van der Waals surface area (Å²) in [4.78, 5) is 4.06. The van der Waals surface area contributed by atoms with Crippen LogP contribution < -0.4 is 5.32 Å². The average molecular weight is 254 g/mol. The van der Waals surface area contributed by atoms with Crippen molar-refractivity contribution in [2.75, 3.05) is 0 Å². The number of aromatic nitrogens is 1. The van der Waals surface area contributed by atoms with E-state index in [1.54, 1.807) is 0 Å². The highest BCUT2D eigenvalue weighted by Gasteiger charge is 2.09. The number of aryl methyl sites for hydroxylation is 1. The lowest BCUT2D eigenvalue weighted by molar-refractivity contribution is 0.456. The summed E-state index contributed by atoms with van der Waals surface area (Å²) in [5.41, 5.74) is 2.70. The molecule has 0 radical (unpaired) electrons. The summed E-state index contributed by atoms with van der Waals surface area (Å²) in [5.74, 6) is 0. The molecule has 2 rings (SSSR count). The number of pyridine rings is 1. The number of benzene rings is 1. The van der Waals surface area contributed by atoms with Gasteiger partial charge in [-0.2, -0.15) is 0 Å². The van der Waals surface area contributed by atoms with E-state index in [-0.39, 0.29) is 0 Å². The molecule has 0 amide bonds. The van der Waals surface area contributed by atoms with Crippen LogP contribution in [0.4, 0.5) is 0 Å². The van der Waals surface area contributed by atoms with Gasteiger partial charge in [-0.05, 0) is 49.9 Å². The van der Waals surface area contributed by atoms with E-state index >= 15 is 0 Å². The lowest BCUT2D eigenvalue weighted by Crippen LogP contribution is -2.29. The molecule has 0 aliphatic heterocycles. The van der Waals surface area contributed by atoms with Gasteiger partial charge in [0.05, 0.1) is 0 Å². The number of rotatable bonds is 6. The highest BCUT2D eigenvalue weighted by Crippen LogP contribution is 2.13. The molecule has 2 heteroatoms. The van der Waals surface area contributed by atoms with Gasteiger partial charge >= 0.3 is 0 Å². The summed E-state index contributed by atoms with van der Waals surface area (Å²) in [6.07, 6.45) is 5.97. The second-order valence-electron chi connectivity index (χ2n) is 5.09. The molecule has 1 aromatic heterocycles. The molecule has 100 valence electrons. The van der Waals surface area contributed by atoms with E-state index in [9.17, 15) is 0 Å². The van der Waals surface area contributed by atoms with Gasteiger partial charge in [0.25, 0.3) is 0 Å². The Labute approximate surface area is 115 Å². The van der Waals surface area contributed by atoms with Gasteiger partial charge in [0.1, 0.15) is 0 Å². The summed E-state index contributed by atoms with van der Waals surface area (Å²) >= 11 is 0. The molecule has 2 atom stereocenters. The van der Waals surface area contributed by atoms with Crippen molar-refractivity contribution in [2.45, 2.75) is 38.8 Å². The van der Waals surface area contributed by atoms with Crippen molar-refractivity contribution in [3.05, 3.63) is 66.0 Å². The van der Waals surface area contributed by atoms with Gasteiger partial charge in [-0.3, -0.25) is 4.98 Å². The van der Waals surface area contributed by atoms with Crippen molar-refractivity contribution in [1.29, 1.82) is 0 Å². The van der Waals surface area contributed by atoms with Crippen LogP contribution in [0, 0.1) is 0 Å². The van der Waals surface area contributed by atoms with Gasteiger partial charge in [0, 0.05) is 24.5 Å². The first-order valence-corrected chi connectivity index (χ1v) is 6.95. The standard InChI is InChI=1S/C17H22N2/c1-14(8-9-16-6-4-3-5-7-16)19-15(2)17-10-12-18-13-11-17/h3-7,10-15,19H,8-9H2,1-2H3/t14?,15-/m1/s1. The second-order valence-corrected chi connectivity index (χ2v) is 5.09. The number of hydrogen-bond donors (Lipinski definition) is 1. The van der Waals surface area contributed by atoms with Crippen LogP contribution in [0.25, 0.3) is 0 Å². The summed E-state index contributed by atoms with van der Waals surface area (Å²) in [7, 11) is 0. The van der Waals surface area contributed by atoms with Gasteiger partial charge in [-0.25, -0.2) is 0 Å². The van der Waals surface area contributed by atoms with Crippen molar-refractivity contribution < 1.29 is 0 Å². The largest absolute Gasteiger partial charge is 0.308 e. The van der Waals surface area contributed by atoms with Crippen LogP contribution in [-0.2, 0) is 6.42 Å². The van der Waals surface area contributed by atoms with Gasteiger partial charge in [0.2, 0.25) is 0 Å². The Bertz CT molecular complexity index is 467. The summed E-state index contributed by atoms with van der Waals surface area (Å²) in [6.45, 7) is 4.45. The Morgan fingerprint density at radius 2 is 1.68 bits per heavy atom. The van der Waals surface area contributed by atoms with E-state index in [0.717, 1.165) is 12.8 Å². The van der Waals surface area contributed by atoms with Crippen LogP contribution in [0.1, 0.15) is 37.4 Å². The molecule has 1 N–H and O–H groups in total. The Kier molecular flexibility index (Phi) is 5.10. The van der Waals surface area contributed by atoms with Crippen LogP contribution in [0.2, 0.25) is 0 Å². The maximum atomic E-state index is 4.06. The van der Waals surface area contributed by atoms with Crippen molar-refractivity contribution in [3.63, 3.8) is 0 Å². The van der Waals surface area contributed by atoms with Gasteiger partial charge < -0.3 is 5.32 Å². The molecule has 0 saturated carbocycles. The lowest BCUT2D eigenvalue weighted by Gasteiger charge is -2.20. The normalized spacial score (nSPS) is 14.0. The Balaban J connectivity index is 1.80. The predicted molar refractivity (Wildman–Crippen MR) is 80.0 cm³/mol. The maximum Gasteiger partial charge on any atom is 0.0295 e. The Morgan fingerprint density at radius 1 is 1.00 bits per heavy atom. The Morgan fingerprint density at radius 3 is 2.37 bits per heavy atom. The molecule has 0 aliphatic rings. The smallest absolute Gasteiger partial charge is 0.0295 e. The number of hydrogen-bond acceptors (Lipinski definition) is 2. The zero-order valence-electron chi connectivity index (χ0n) is 11.7. The van der Waals surface area contributed by atoms with Crippen LogP contribution in [0.5, 0.6) is 0 Å². The van der Waals surface area contributed by atoms with E-state index in [4.69, 9.17) is 0 Å². The van der Waals surface area contributed by atoms with E-state index in [1.165, 1.54) is 11.1 Å². The fourth-order valence-electron chi connectivity index (χ4n) is 2.29. The molecule has 2 nitrogen and oxygen atoms in total.